The van der Waals surface area contributed by atoms with Gasteiger partial charge in [0.05, 0.1) is 19.6 Å². The highest BCUT2D eigenvalue weighted by molar-refractivity contribution is 7.84. The Bertz CT molecular complexity index is 520. The summed E-state index contributed by atoms with van der Waals surface area (Å²) in [4.78, 5) is 34.2. The van der Waals surface area contributed by atoms with E-state index in [9.17, 15) is 22.8 Å². The van der Waals surface area contributed by atoms with E-state index in [2.05, 4.69) is 4.18 Å². The molecule has 0 saturated carbocycles. The van der Waals surface area contributed by atoms with Gasteiger partial charge in [-0.05, 0) is 5.92 Å². The first-order chi connectivity index (χ1) is 10.0. The molecule has 4 N–H and O–H groups in total. The van der Waals surface area contributed by atoms with E-state index in [0.29, 0.717) is 6.42 Å². The summed E-state index contributed by atoms with van der Waals surface area (Å²) in [5.41, 5.74) is 7.10. The van der Waals surface area contributed by atoms with Crippen LogP contribution in [0.4, 0.5) is 0 Å². The summed E-state index contributed by atoms with van der Waals surface area (Å²) < 4.78 is 27.7. The molecule has 0 aromatic carbocycles. The second-order valence-corrected chi connectivity index (χ2v) is 6.23. The third-order valence-electron chi connectivity index (χ3n) is 2.82. The van der Waals surface area contributed by atoms with Crippen LogP contribution < -0.4 is 11.2 Å². The van der Waals surface area contributed by atoms with Crippen molar-refractivity contribution in [1.82, 2.24) is 9.84 Å². The van der Waals surface area contributed by atoms with Crippen LogP contribution in [0.5, 0.6) is 0 Å². The summed E-state index contributed by atoms with van der Waals surface area (Å²) in [5.74, 6) is -3.49. The maximum absolute atomic E-state index is 12.0. The lowest BCUT2D eigenvalue weighted by atomic mass is 10.1. The van der Waals surface area contributed by atoms with Gasteiger partial charge in [-0.1, -0.05) is 20.3 Å². The molecule has 0 spiro atoms. The summed E-state index contributed by atoms with van der Waals surface area (Å²) >= 11 is 0. The average Bonchev–Trinajstić information content (AvgIpc) is 2.42. The van der Waals surface area contributed by atoms with Gasteiger partial charge in [0, 0.05) is 6.42 Å². The van der Waals surface area contributed by atoms with Gasteiger partial charge in [-0.3, -0.25) is 18.6 Å². The van der Waals surface area contributed by atoms with Crippen LogP contribution in [0.15, 0.2) is 0 Å². The Kier molecular flexibility index (Phi) is 7.98. The number of nitrogens with zero attached hydrogens (tertiary/aromatic N) is 1. The number of aliphatic carboxylic acids is 1. The number of hydrogen-bond acceptors (Lipinski definition) is 7. The summed E-state index contributed by atoms with van der Waals surface area (Å²) in [7, 11) is -3.70. The van der Waals surface area contributed by atoms with E-state index in [4.69, 9.17) is 10.8 Å². The quantitative estimate of drug-likeness (QED) is 0.474. The first-order valence-electron chi connectivity index (χ1n) is 6.46. The number of hydrogen-bond donors (Lipinski definition) is 3. The van der Waals surface area contributed by atoms with Crippen LogP contribution in [-0.4, -0.2) is 48.9 Å². The van der Waals surface area contributed by atoms with Crippen molar-refractivity contribution in [3.8, 4) is 0 Å². The normalized spacial score (nSPS) is 14.0. The van der Waals surface area contributed by atoms with E-state index in [1.54, 1.807) is 12.3 Å². The summed E-state index contributed by atoms with van der Waals surface area (Å²) in [6, 6.07) is -1.51. The van der Waals surface area contributed by atoms with Gasteiger partial charge in [0.1, 0.15) is 0 Å². The van der Waals surface area contributed by atoms with Crippen LogP contribution in [0, 0.1) is 5.92 Å². The van der Waals surface area contributed by atoms with Gasteiger partial charge in [-0.15, -0.1) is 4.41 Å². The molecule has 2 atom stereocenters. The monoisotopic (exact) mass is 339 g/mol. The molecule has 128 valence electrons. The fraction of sp³-hybridized carbons (Fsp3) is 0.727. The van der Waals surface area contributed by atoms with Gasteiger partial charge < -0.3 is 10.8 Å². The van der Waals surface area contributed by atoms with Gasteiger partial charge in [0.25, 0.3) is 11.8 Å². The highest BCUT2D eigenvalue weighted by atomic mass is 32.2. The molecule has 0 unspecified atom stereocenters. The van der Waals surface area contributed by atoms with E-state index in [-0.39, 0.29) is 16.8 Å². The molecular weight excluding hydrogens is 318 g/mol. The number of rotatable bonds is 8. The molecule has 0 saturated heterocycles. The molecule has 22 heavy (non-hydrogen) atoms. The summed E-state index contributed by atoms with van der Waals surface area (Å²) in [6.45, 7) is 3.54. The predicted molar refractivity (Wildman–Crippen MR) is 75.2 cm³/mol. The van der Waals surface area contributed by atoms with E-state index in [1.165, 1.54) is 0 Å². The Morgan fingerprint density at radius 2 is 1.86 bits per heavy atom. The van der Waals surface area contributed by atoms with Gasteiger partial charge in [-0.2, -0.15) is 8.42 Å². The Hall–Kier alpha value is -1.72. The fourth-order valence-electron chi connectivity index (χ4n) is 1.31. The average molecular weight is 339 g/mol. The molecule has 0 rings (SSSR count). The second-order valence-electron chi connectivity index (χ2n) is 4.68. The number of nitrogens with two attached hydrogens (primary N) is 1. The summed E-state index contributed by atoms with van der Waals surface area (Å²) in [5, 5.41) is 8.55. The zero-order valence-corrected chi connectivity index (χ0v) is 13.4. The summed E-state index contributed by atoms with van der Waals surface area (Å²) in [6.07, 6.45) is -0.237. The largest absolute Gasteiger partial charge is 0.481 e. The lowest BCUT2D eigenvalue weighted by Crippen LogP contribution is -2.55. The number of carbonyl (C=O) groups is 3. The number of hydrazine groups is 1. The Morgan fingerprint density at radius 3 is 2.27 bits per heavy atom. The van der Waals surface area contributed by atoms with E-state index >= 15 is 0 Å². The molecule has 0 radical (unpaired) electrons. The molecule has 0 heterocycles. The zero-order chi connectivity index (χ0) is 17.5. The highest BCUT2D eigenvalue weighted by Gasteiger charge is 2.32. The SMILES string of the molecule is CC[C@H](C)CC(=O)N(NC(=O)[C@@H](N)CC(=O)O)S(=O)(=O)OC. The number of carboxylic acid groups (broad SMARTS) is 1. The van der Waals surface area contributed by atoms with Crippen molar-refractivity contribution >= 4 is 28.1 Å². The molecule has 0 aliphatic rings. The van der Waals surface area contributed by atoms with Crippen molar-refractivity contribution in [2.75, 3.05) is 7.11 Å². The van der Waals surface area contributed by atoms with Crippen LogP contribution in [0.2, 0.25) is 0 Å². The zero-order valence-electron chi connectivity index (χ0n) is 12.6. The predicted octanol–water partition coefficient (Wildman–Crippen LogP) is -1.02. The smallest absolute Gasteiger partial charge is 0.382 e. The molecule has 11 heteroatoms. The Morgan fingerprint density at radius 1 is 1.32 bits per heavy atom. The molecule has 0 aromatic heterocycles. The van der Waals surface area contributed by atoms with Crippen LogP contribution in [-0.2, 0) is 28.9 Å². The van der Waals surface area contributed by atoms with Crippen LogP contribution in [0.1, 0.15) is 33.1 Å². The minimum absolute atomic E-state index is 0.0448. The molecule has 0 aromatic rings. The second kappa shape index (κ2) is 8.66. The first-order valence-corrected chi connectivity index (χ1v) is 7.83. The minimum atomic E-state index is -4.52. The fourth-order valence-corrected chi connectivity index (χ4v) is 1.98. The molecule has 0 aliphatic carbocycles. The molecular formula is C11H21N3O7S. The van der Waals surface area contributed by atoms with Crippen LogP contribution in [0.3, 0.4) is 0 Å². The lowest BCUT2D eigenvalue weighted by Gasteiger charge is -2.23. The molecule has 0 fully saturated rings. The van der Waals surface area contributed by atoms with E-state index < -0.39 is 40.6 Å². The maximum Gasteiger partial charge on any atom is 0.382 e. The van der Waals surface area contributed by atoms with Gasteiger partial charge in [0.15, 0.2) is 0 Å². The van der Waals surface area contributed by atoms with E-state index in [0.717, 1.165) is 7.11 Å². The van der Waals surface area contributed by atoms with Gasteiger partial charge >= 0.3 is 16.3 Å². The maximum atomic E-state index is 12.0. The van der Waals surface area contributed by atoms with Crippen molar-refractivity contribution in [3.05, 3.63) is 0 Å². The molecule has 2 amide bonds. The number of nitrogens with one attached hydrogen (secondary N) is 1. The number of carboxylic acids is 1. The Balaban J connectivity index is 5.16. The van der Waals surface area contributed by atoms with Crippen molar-refractivity contribution in [3.63, 3.8) is 0 Å². The Labute approximate surface area is 128 Å². The topological polar surface area (TPSA) is 156 Å². The molecule has 10 nitrogen and oxygen atoms in total. The highest BCUT2D eigenvalue weighted by Crippen LogP contribution is 2.11. The molecule has 0 bridgehead atoms. The van der Waals surface area contributed by atoms with Gasteiger partial charge in [0.2, 0.25) is 0 Å². The minimum Gasteiger partial charge on any atom is -0.481 e. The number of carbonyl (C=O) groups excluding carboxylic acids is 2. The van der Waals surface area contributed by atoms with Crippen molar-refractivity contribution in [2.45, 2.75) is 39.2 Å². The third kappa shape index (κ3) is 6.37. The lowest BCUT2D eigenvalue weighted by molar-refractivity contribution is -0.141. The van der Waals surface area contributed by atoms with Crippen LogP contribution >= 0.6 is 0 Å². The van der Waals surface area contributed by atoms with Crippen LogP contribution in [0.25, 0.3) is 0 Å². The number of amides is 2. The first kappa shape index (κ1) is 20.3. The van der Waals surface area contributed by atoms with E-state index in [1.807, 2.05) is 6.92 Å². The van der Waals surface area contributed by atoms with Crippen molar-refractivity contribution in [2.24, 2.45) is 11.7 Å². The third-order valence-corrected chi connectivity index (χ3v) is 3.99. The van der Waals surface area contributed by atoms with Crippen molar-refractivity contribution < 1.29 is 32.1 Å². The molecule has 0 aliphatic heterocycles. The van der Waals surface area contributed by atoms with Crippen molar-refractivity contribution in [1.29, 1.82) is 0 Å². The standard InChI is InChI=1S/C11H21N3O7S/c1-4-7(2)5-9(15)14(22(19,20)21-3)13-11(18)8(12)6-10(16)17/h7-8H,4-6,12H2,1-3H3,(H,13,18)(H,16,17)/t7-,8-/m0/s1. The van der Waals surface area contributed by atoms with Gasteiger partial charge in [-0.25, -0.2) is 5.43 Å².